The molecule has 0 N–H and O–H groups in total. The van der Waals surface area contributed by atoms with Crippen molar-refractivity contribution in [3.8, 4) is 0 Å². The van der Waals surface area contributed by atoms with E-state index in [9.17, 15) is 0 Å². The van der Waals surface area contributed by atoms with Gasteiger partial charge in [0, 0.05) is 35.8 Å². The third-order valence-corrected chi connectivity index (χ3v) is 6.86. The van der Waals surface area contributed by atoms with E-state index in [0.717, 1.165) is 30.2 Å². The number of para-hydroxylation sites is 2. The van der Waals surface area contributed by atoms with Crippen LogP contribution in [0.5, 0.6) is 0 Å². The van der Waals surface area contributed by atoms with Crippen molar-refractivity contribution in [2.75, 3.05) is 22.9 Å². The molecule has 5 aromatic rings. The molecule has 0 saturated heterocycles. The Kier molecular flexibility index (Phi) is 8.01. The summed E-state index contributed by atoms with van der Waals surface area (Å²) in [7, 11) is 0. The second-order valence-electron chi connectivity index (χ2n) is 9.24. The Morgan fingerprint density at radius 2 is 0.974 bits per heavy atom. The summed E-state index contributed by atoms with van der Waals surface area (Å²) in [5, 5.41) is 0. The van der Waals surface area contributed by atoms with E-state index in [-0.39, 0.29) is 0 Å². The highest BCUT2D eigenvalue weighted by Gasteiger charge is 2.12. The molecule has 0 aliphatic carbocycles. The van der Waals surface area contributed by atoms with E-state index < -0.39 is 0 Å². The summed E-state index contributed by atoms with van der Waals surface area (Å²) in [6, 6.07) is 49.5. The molecule has 0 amide bonds. The maximum atomic E-state index is 2.39. The summed E-state index contributed by atoms with van der Waals surface area (Å²) >= 11 is 0. The van der Waals surface area contributed by atoms with Crippen molar-refractivity contribution in [2.45, 2.75) is 13.8 Å². The number of hydrogen-bond acceptors (Lipinski definition) is 2. The minimum Gasteiger partial charge on any atom is -0.372 e. The lowest BCUT2D eigenvalue weighted by Crippen LogP contribution is -2.21. The molecule has 0 aliphatic rings. The van der Waals surface area contributed by atoms with Crippen LogP contribution in [0.1, 0.15) is 30.5 Å². The van der Waals surface area contributed by atoms with Crippen LogP contribution in [-0.4, -0.2) is 13.1 Å². The first-order valence-electron chi connectivity index (χ1n) is 13.4. The molecular formula is C36H34N2. The van der Waals surface area contributed by atoms with Crippen LogP contribution >= 0.6 is 0 Å². The molecule has 0 radical (unpaired) electrons. The van der Waals surface area contributed by atoms with Crippen LogP contribution in [0.3, 0.4) is 0 Å². The van der Waals surface area contributed by atoms with Crippen molar-refractivity contribution in [3.05, 3.63) is 156 Å². The predicted octanol–water partition coefficient (Wildman–Crippen LogP) is 9.59. The second-order valence-corrected chi connectivity index (χ2v) is 9.24. The first-order valence-corrected chi connectivity index (χ1v) is 13.4. The van der Waals surface area contributed by atoms with Gasteiger partial charge in [0.2, 0.25) is 0 Å². The Labute approximate surface area is 227 Å². The van der Waals surface area contributed by atoms with E-state index in [2.05, 4.69) is 169 Å². The molecule has 2 nitrogen and oxygen atoms in total. The molecule has 0 aliphatic heterocycles. The summed E-state index contributed by atoms with van der Waals surface area (Å²) in [5.41, 5.74) is 9.48. The first kappa shape index (κ1) is 25.1. The smallest absolute Gasteiger partial charge is 0.0462 e. The Balaban J connectivity index is 1.55. The standard InChI is InChI=1S/C36H34N2/c1-3-37(4-2)35-22-14-17-31(28-35)36(30-15-8-5-9-16-30)27-29-23-25-34(26-24-29)38(32-18-10-6-11-19-32)33-20-12-7-13-21-33/h5-28H,3-4H2,1-2H3. The summed E-state index contributed by atoms with van der Waals surface area (Å²) in [6.07, 6.45) is 2.30. The van der Waals surface area contributed by atoms with Gasteiger partial charge in [-0.3, -0.25) is 0 Å². The largest absolute Gasteiger partial charge is 0.372 e. The number of nitrogens with zero attached hydrogens (tertiary/aromatic N) is 2. The van der Waals surface area contributed by atoms with Crippen molar-refractivity contribution >= 4 is 34.4 Å². The zero-order chi connectivity index (χ0) is 26.2. The molecule has 38 heavy (non-hydrogen) atoms. The summed E-state index contributed by atoms with van der Waals surface area (Å²) in [5.74, 6) is 0. The van der Waals surface area contributed by atoms with Gasteiger partial charge in [-0.15, -0.1) is 0 Å². The molecule has 188 valence electrons. The molecule has 0 aromatic heterocycles. The SMILES string of the molecule is CCN(CC)c1cccc(C(=Cc2ccc(N(c3ccccc3)c3ccccc3)cc2)c2ccccc2)c1. The van der Waals surface area contributed by atoms with Gasteiger partial charge in [-0.1, -0.05) is 91.0 Å². The maximum absolute atomic E-state index is 2.39. The van der Waals surface area contributed by atoms with Crippen LogP contribution in [0.25, 0.3) is 11.6 Å². The van der Waals surface area contributed by atoms with E-state index in [1.807, 2.05) is 0 Å². The molecule has 0 heterocycles. The van der Waals surface area contributed by atoms with Crippen molar-refractivity contribution in [2.24, 2.45) is 0 Å². The fraction of sp³-hybridized carbons (Fsp3) is 0.111. The van der Waals surface area contributed by atoms with Gasteiger partial charge in [0.15, 0.2) is 0 Å². The molecule has 0 spiro atoms. The molecule has 2 heteroatoms. The molecule has 0 atom stereocenters. The van der Waals surface area contributed by atoms with E-state index in [1.54, 1.807) is 0 Å². The van der Waals surface area contributed by atoms with Crippen molar-refractivity contribution < 1.29 is 0 Å². The van der Waals surface area contributed by atoms with Gasteiger partial charge in [0.25, 0.3) is 0 Å². The molecule has 0 bridgehead atoms. The molecule has 0 saturated carbocycles. The van der Waals surface area contributed by atoms with Crippen molar-refractivity contribution in [1.82, 2.24) is 0 Å². The van der Waals surface area contributed by atoms with Gasteiger partial charge >= 0.3 is 0 Å². The van der Waals surface area contributed by atoms with Crippen molar-refractivity contribution in [1.29, 1.82) is 0 Å². The lowest BCUT2D eigenvalue weighted by atomic mass is 9.95. The number of rotatable bonds is 9. The lowest BCUT2D eigenvalue weighted by Gasteiger charge is -2.25. The quantitative estimate of drug-likeness (QED) is 0.188. The Morgan fingerprint density at radius 1 is 0.500 bits per heavy atom. The Hall–Kier alpha value is -4.56. The summed E-state index contributed by atoms with van der Waals surface area (Å²) in [4.78, 5) is 4.68. The number of hydrogen-bond donors (Lipinski definition) is 0. The molecular weight excluding hydrogens is 460 g/mol. The highest BCUT2D eigenvalue weighted by molar-refractivity contribution is 5.92. The van der Waals surface area contributed by atoms with Gasteiger partial charge in [-0.2, -0.15) is 0 Å². The van der Waals surface area contributed by atoms with Crippen LogP contribution < -0.4 is 9.80 Å². The van der Waals surface area contributed by atoms with E-state index in [0.29, 0.717) is 0 Å². The third kappa shape index (κ3) is 5.71. The Morgan fingerprint density at radius 3 is 1.53 bits per heavy atom. The van der Waals surface area contributed by atoms with E-state index in [1.165, 1.54) is 28.0 Å². The van der Waals surface area contributed by atoms with Gasteiger partial charge in [0.1, 0.15) is 0 Å². The van der Waals surface area contributed by atoms with E-state index in [4.69, 9.17) is 0 Å². The van der Waals surface area contributed by atoms with Crippen LogP contribution in [-0.2, 0) is 0 Å². The monoisotopic (exact) mass is 494 g/mol. The minimum atomic E-state index is 0.991. The minimum absolute atomic E-state index is 0.991. The van der Waals surface area contributed by atoms with Crippen molar-refractivity contribution in [3.63, 3.8) is 0 Å². The molecule has 5 rings (SSSR count). The van der Waals surface area contributed by atoms with Gasteiger partial charge in [0.05, 0.1) is 0 Å². The lowest BCUT2D eigenvalue weighted by molar-refractivity contribution is 0.866. The van der Waals surface area contributed by atoms with E-state index >= 15 is 0 Å². The summed E-state index contributed by atoms with van der Waals surface area (Å²) < 4.78 is 0. The van der Waals surface area contributed by atoms with Crippen LogP contribution in [0.15, 0.2) is 140 Å². The topological polar surface area (TPSA) is 6.48 Å². The highest BCUT2D eigenvalue weighted by Crippen LogP contribution is 2.35. The predicted molar refractivity (Wildman–Crippen MR) is 165 cm³/mol. The Bertz CT molecular complexity index is 1410. The van der Waals surface area contributed by atoms with Crippen LogP contribution in [0.2, 0.25) is 0 Å². The molecule has 0 unspecified atom stereocenters. The molecule has 5 aromatic carbocycles. The number of benzene rings is 5. The zero-order valence-corrected chi connectivity index (χ0v) is 22.2. The molecule has 0 fully saturated rings. The second kappa shape index (κ2) is 12.1. The normalized spacial score (nSPS) is 11.3. The van der Waals surface area contributed by atoms with Crippen LogP contribution in [0.4, 0.5) is 22.7 Å². The fourth-order valence-corrected chi connectivity index (χ4v) is 4.90. The first-order chi connectivity index (χ1) is 18.8. The maximum Gasteiger partial charge on any atom is 0.0462 e. The van der Waals surface area contributed by atoms with Crippen LogP contribution in [0, 0.1) is 0 Å². The van der Waals surface area contributed by atoms with Gasteiger partial charge in [-0.25, -0.2) is 0 Å². The zero-order valence-electron chi connectivity index (χ0n) is 22.2. The third-order valence-electron chi connectivity index (χ3n) is 6.86. The average molecular weight is 495 g/mol. The van der Waals surface area contributed by atoms with Gasteiger partial charge < -0.3 is 9.80 Å². The summed E-state index contributed by atoms with van der Waals surface area (Å²) in [6.45, 7) is 6.40. The van der Waals surface area contributed by atoms with Gasteiger partial charge in [-0.05, 0) is 90.7 Å². The fourth-order valence-electron chi connectivity index (χ4n) is 4.90. The average Bonchev–Trinajstić information content (AvgIpc) is 2.99. The highest BCUT2D eigenvalue weighted by atomic mass is 15.1. The number of anilines is 4.